The number of rotatable bonds is 20. The summed E-state index contributed by atoms with van der Waals surface area (Å²) in [5.41, 5.74) is 0. The van der Waals surface area contributed by atoms with Gasteiger partial charge in [0.15, 0.2) is 0 Å². The summed E-state index contributed by atoms with van der Waals surface area (Å²) >= 11 is 0. The Labute approximate surface area is 161 Å². The number of hydrogen-bond acceptors (Lipinski definition) is 1. The molecule has 0 heterocycles. The lowest BCUT2D eigenvalue weighted by atomic mass is 10.0. The van der Waals surface area contributed by atoms with Gasteiger partial charge >= 0.3 is 0 Å². The van der Waals surface area contributed by atoms with Crippen molar-refractivity contribution in [2.75, 3.05) is 13.1 Å². The molecule has 0 aliphatic heterocycles. The van der Waals surface area contributed by atoms with Gasteiger partial charge in [0.25, 0.3) is 0 Å². The van der Waals surface area contributed by atoms with Gasteiger partial charge in [-0.25, -0.2) is 0 Å². The summed E-state index contributed by atoms with van der Waals surface area (Å²) < 4.78 is 0. The van der Waals surface area contributed by atoms with Crippen molar-refractivity contribution < 1.29 is 0 Å². The zero-order chi connectivity index (χ0) is 18.6. The monoisotopic (exact) mass is 352 g/mol. The molecular weight excluding hydrogens is 302 g/mol. The molecule has 0 amide bonds. The van der Waals surface area contributed by atoms with E-state index < -0.39 is 0 Å². The van der Waals surface area contributed by atoms with Gasteiger partial charge < -0.3 is 4.90 Å². The van der Waals surface area contributed by atoms with Crippen LogP contribution in [0.2, 0.25) is 0 Å². The van der Waals surface area contributed by atoms with Crippen molar-refractivity contribution in [3.8, 4) is 0 Å². The fraction of sp³-hybridized carbons (Fsp3) is 0.958. The molecule has 0 N–H and O–H groups in total. The highest BCUT2D eigenvalue weighted by Gasteiger charge is 2.15. The number of unbranched alkanes of at least 4 members (excludes halogenated alkanes) is 12. The van der Waals surface area contributed by atoms with Gasteiger partial charge in [-0.3, -0.25) is 0 Å². The summed E-state index contributed by atoms with van der Waals surface area (Å²) in [6.07, 6.45) is 23.6. The molecule has 1 heteroatoms. The van der Waals surface area contributed by atoms with Gasteiger partial charge in [0, 0.05) is 6.04 Å². The van der Waals surface area contributed by atoms with Crippen LogP contribution in [0.25, 0.3) is 0 Å². The molecule has 0 saturated carbocycles. The third-order valence-corrected chi connectivity index (χ3v) is 5.59. The van der Waals surface area contributed by atoms with Crippen LogP contribution in [-0.2, 0) is 0 Å². The van der Waals surface area contributed by atoms with Crippen LogP contribution in [0.4, 0.5) is 0 Å². The van der Waals surface area contributed by atoms with E-state index in [1.54, 1.807) is 0 Å². The number of hydrogen-bond donors (Lipinski definition) is 0. The minimum atomic E-state index is 0.733. The van der Waals surface area contributed by atoms with E-state index in [-0.39, 0.29) is 0 Å². The molecule has 0 fully saturated rings. The van der Waals surface area contributed by atoms with Crippen LogP contribution in [-0.4, -0.2) is 24.0 Å². The maximum absolute atomic E-state index is 4.25. The van der Waals surface area contributed by atoms with E-state index in [1.807, 2.05) is 0 Å². The maximum atomic E-state index is 4.25. The average Bonchev–Trinajstić information content (AvgIpc) is 2.63. The summed E-state index contributed by atoms with van der Waals surface area (Å²) in [6.45, 7) is 13.7. The molecule has 0 aromatic heterocycles. The highest BCUT2D eigenvalue weighted by molar-refractivity contribution is 4.73. The van der Waals surface area contributed by atoms with Crippen LogP contribution in [0.5, 0.6) is 0 Å². The Morgan fingerprint density at radius 2 is 0.960 bits per heavy atom. The second-order valence-electron chi connectivity index (χ2n) is 8.01. The van der Waals surface area contributed by atoms with Crippen LogP contribution in [0.3, 0.4) is 0 Å². The van der Waals surface area contributed by atoms with Crippen molar-refractivity contribution in [1.29, 1.82) is 0 Å². The molecular formula is C24H50N. The molecule has 0 aromatic carbocycles. The molecule has 1 unspecified atom stereocenters. The second-order valence-corrected chi connectivity index (χ2v) is 8.01. The lowest BCUT2D eigenvalue weighted by molar-refractivity contribution is 0.178. The maximum Gasteiger partial charge on any atom is 0.00952 e. The van der Waals surface area contributed by atoms with Gasteiger partial charge in [-0.05, 0) is 38.8 Å². The molecule has 0 saturated heterocycles. The quantitative estimate of drug-likeness (QED) is 0.200. The van der Waals surface area contributed by atoms with Crippen molar-refractivity contribution >= 4 is 0 Å². The first-order valence-corrected chi connectivity index (χ1v) is 11.8. The third-order valence-electron chi connectivity index (χ3n) is 5.59. The Kier molecular flexibility index (Phi) is 20.2. The molecule has 25 heavy (non-hydrogen) atoms. The highest BCUT2D eigenvalue weighted by Crippen LogP contribution is 2.17. The van der Waals surface area contributed by atoms with E-state index in [0.29, 0.717) is 0 Å². The van der Waals surface area contributed by atoms with Crippen LogP contribution in [0, 0.1) is 6.92 Å². The molecule has 0 aliphatic rings. The Morgan fingerprint density at radius 3 is 1.36 bits per heavy atom. The van der Waals surface area contributed by atoms with Gasteiger partial charge in [-0.15, -0.1) is 0 Å². The molecule has 0 spiro atoms. The first kappa shape index (κ1) is 25.0. The lowest BCUT2D eigenvalue weighted by Crippen LogP contribution is -2.36. The van der Waals surface area contributed by atoms with E-state index in [4.69, 9.17) is 0 Å². The largest absolute Gasteiger partial charge is 0.300 e. The van der Waals surface area contributed by atoms with Crippen LogP contribution in [0.1, 0.15) is 130 Å². The van der Waals surface area contributed by atoms with Gasteiger partial charge in [0.2, 0.25) is 0 Å². The summed E-state index contributed by atoms with van der Waals surface area (Å²) in [5, 5.41) is 0. The highest BCUT2D eigenvalue weighted by atomic mass is 15.1. The van der Waals surface area contributed by atoms with Crippen LogP contribution >= 0.6 is 0 Å². The lowest BCUT2D eigenvalue weighted by Gasteiger charge is -2.31. The minimum absolute atomic E-state index is 0.733. The predicted octanol–water partition coefficient (Wildman–Crippen LogP) is 8.18. The molecule has 1 atom stereocenters. The molecule has 151 valence electrons. The first-order chi connectivity index (χ1) is 12.3. The van der Waals surface area contributed by atoms with Gasteiger partial charge in [0.05, 0.1) is 0 Å². The smallest absolute Gasteiger partial charge is 0.00952 e. The summed E-state index contributed by atoms with van der Waals surface area (Å²) in [6, 6.07) is 0.733. The molecule has 0 bridgehead atoms. The van der Waals surface area contributed by atoms with Crippen molar-refractivity contribution in [2.45, 2.75) is 136 Å². The average molecular weight is 353 g/mol. The Morgan fingerprint density at radius 1 is 0.560 bits per heavy atom. The van der Waals surface area contributed by atoms with Crippen molar-refractivity contribution in [3.05, 3.63) is 6.92 Å². The molecule has 0 aliphatic carbocycles. The first-order valence-electron chi connectivity index (χ1n) is 11.8. The van der Waals surface area contributed by atoms with Crippen molar-refractivity contribution in [1.82, 2.24) is 4.90 Å². The minimum Gasteiger partial charge on any atom is -0.300 e. The van der Waals surface area contributed by atoms with Gasteiger partial charge in [-0.1, -0.05) is 111 Å². The fourth-order valence-electron chi connectivity index (χ4n) is 3.75. The van der Waals surface area contributed by atoms with Gasteiger partial charge in [-0.2, -0.15) is 0 Å². The van der Waals surface area contributed by atoms with Crippen molar-refractivity contribution in [3.63, 3.8) is 0 Å². The van der Waals surface area contributed by atoms with Gasteiger partial charge in [0.1, 0.15) is 0 Å². The molecule has 1 nitrogen and oxygen atoms in total. The molecule has 1 radical (unpaired) electrons. The number of nitrogens with zero attached hydrogens (tertiary/aromatic N) is 1. The van der Waals surface area contributed by atoms with E-state index >= 15 is 0 Å². The Bertz CT molecular complexity index is 230. The van der Waals surface area contributed by atoms with E-state index in [9.17, 15) is 0 Å². The summed E-state index contributed by atoms with van der Waals surface area (Å²) in [7, 11) is 0. The SMILES string of the molecule is [CH2]CC(CCCCCCCCCCCCC)N(CCCC)CCCC. The van der Waals surface area contributed by atoms with E-state index in [1.165, 1.54) is 116 Å². The molecule has 0 rings (SSSR count). The summed E-state index contributed by atoms with van der Waals surface area (Å²) in [4.78, 5) is 2.75. The second kappa shape index (κ2) is 20.3. The van der Waals surface area contributed by atoms with Crippen LogP contribution in [0.15, 0.2) is 0 Å². The van der Waals surface area contributed by atoms with Crippen LogP contribution < -0.4 is 0 Å². The summed E-state index contributed by atoms with van der Waals surface area (Å²) in [5.74, 6) is 0. The molecule has 0 aromatic rings. The Balaban J connectivity index is 3.68. The van der Waals surface area contributed by atoms with E-state index in [0.717, 1.165) is 12.5 Å². The third kappa shape index (κ3) is 15.9. The standard InChI is InChI=1S/C24H50N/c1-5-9-12-13-14-15-16-17-18-19-20-21-24(8-4)25(22-10-6-2)23-11-7-3/h24H,4-23H2,1-3H3. The Hall–Kier alpha value is -0.0400. The fourth-order valence-corrected chi connectivity index (χ4v) is 3.75. The van der Waals surface area contributed by atoms with Crippen molar-refractivity contribution in [2.24, 2.45) is 0 Å². The van der Waals surface area contributed by atoms with E-state index in [2.05, 4.69) is 32.6 Å². The zero-order valence-corrected chi connectivity index (χ0v) is 18.2. The topological polar surface area (TPSA) is 3.24 Å². The predicted molar refractivity (Wildman–Crippen MR) is 116 cm³/mol. The normalized spacial score (nSPS) is 12.8. The zero-order valence-electron chi connectivity index (χ0n) is 18.2.